The van der Waals surface area contributed by atoms with Gasteiger partial charge in [0.05, 0.1) is 10.9 Å². The number of hydrogen-bond donors (Lipinski definition) is 0. The van der Waals surface area contributed by atoms with Crippen LogP contribution in [0, 0.1) is 6.92 Å². The first-order valence-electron chi connectivity index (χ1n) is 8.36. The van der Waals surface area contributed by atoms with E-state index in [0.29, 0.717) is 18.5 Å². The number of fused-ring (bicyclic) bond motifs is 1. The summed E-state index contributed by atoms with van der Waals surface area (Å²) in [5.74, 6) is 0.787. The van der Waals surface area contributed by atoms with E-state index in [4.69, 9.17) is 9.72 Å². The molecule has 4 nitrogen and oxygen atoms in total. The molecule has 0 unspecified atom stereocenters. The van der Waals surface area contributed by atoms with Crippen LogP contribution in [0.2, 0.25) is 0 Å². The van der Waals surface area contributed by atoms with Crippen LogP contribution in [0.4, 0.5) is 0 Å². The summed E-state index contributed by atoms with van der Waals surface area (Å²) < 4.78 is 6.91. The fourth-order valence-corrected chi connectivity index (χ4v) is 3.64. The maximum Gasteiger partial charge on any atom is 0.262 e. The highest BCUT2D eigenvalue weighted by molar-refractivity contribution is 7.98. The molecule has 0 atom stereocenters. The van der Waals surface area contributed by atoms with E-state index < -0.39 is 0 Å². The first-order chi connectivity index (χ1) is 12.2. The van der Waals surface area contributed by atoms with Gasteiger partial charge < -0.3 is 4.74 Å². The standard InChI is InChI=1S/C20H22N2O2S/c1-15-8-10-16(11-9-15)14-25-20-21-18-7-4-3-6-17(18)19(23)22(20)12-5-13-24-2/h3-4,6-11H,5,12-14H2,1-2H3. The lowest BCUT2D eigenvalue weighted by atomic mass is 10.2. The van der Waals surface area contributed by atoms with Crippen molar-refractivity contribution in [1.82, 2.24) is 9.55 Å². The Morgan fingerprint density at radius 3 is 2.64 bits per heavy atom. The van der Waals surface area contributed by atoms with Gasteiger partial charge in [0.25, 0.3) is 5.56 Å². The summed E-state index contributed by atoms with van der Waals surface area (Å²) >= 11 is 1.60. The second-order valence-electron chi connectivity index (χ2n) is 5.99. The second-order valence-corrected chi connectivity index (χ2v) is 6.93. The highest BCUT2D eigenvalue weighted by atomic mass is 32.2. The normalized spacial score (nSPS) is 11.1. The van der Waals surface area contributed by atoms with E-state index in [2.05, 4.69) is 31.2 Å². The third kappa shape index (κ3) is 4.30. The molecule has 3 rings (SSSR count). The number of benzene rings is 2. The Hall–Kier alpha value is -2.11. The number of thioether (sulfide) groups is 1. The highest BCUT2D eigenvalue weighted by Crippen LogP contribution is 2.22. The fourth-order valence-electron chi connectivity index (χ4n) is 2.65. The third-order valence-corrected chi connectivity index (χ3v) is 5.09. The van der Waals surface area contributed by atoms with Gasteiger partial charge >= 0.3 is 0 Å². The molecule has 0 amide bonds. The Morgan fingerprint density at radius 1 is 1.12 bits per heavy atom. The number of aryl methyl sites for hydroxylation is 1. The van der Waals surface area contributed by atoms with Crippen molar-refractivity contribution in [2.45, 2.75) is 30.8 Å². The molecule has 130 valence electrons. The van der Waals surface area contributed by atoms with E-state index in [0.717, 1.165) is 22.8 Å². The van der Waals surface area contributed by atoms with Crippen LogP contribution >= 0.6 is 11.8 Å². The van der Waals surface area contributed by atoms with E-state index in [1.807, 2.05) is 24.3 Å². The largest absolute Gasteiger partial charge is 0.385 e. The Kier molecular flexibility index (Phi) is 5.89. The van der Waals surface area contributed by atoms with Crippen LogP contribution < -0.4 is 5.56 Å². The van der Waals surface area contributed by atoms with Crippen LogP contribution in [0.15, 0.2) is 58.5 Å². The van der Waals surface area contributed by atoms with Gasteiger partial charge in [-0.25, -0.2) is 4.98 Å². The number of para-hydroxylation sites is 1. The molecule has 0 saturated carbocycles. The number of aromatic nitrogens is 2. The van der Waals surface area contributed by atoms with Crippen molar-refractivity contribution in [2.24, 2.45) is 0 Å². The quantitative estimate of drug-likeness (QED) is 0.365. The van der Waals surface area contributed by atoms with Gasteiger partial charge in [-0.15, -0.1) is 0 Å². The zero-order valence-corrected chi connectivity index (χ0v) is 15.4. The van der Waals surface area contributed by atoms with Crippen molar-refractivity contribution in [1.29, 1.82) is 0 Å². The minimum Gasteiger partial charge on any atom is -0.385 e. The van der Waals surface area contributed by atoms with Crippen LogP contribution in [0.5, 0.6) is 0 Å². The molecular formula is C20H22N2O2S. The maximum absolute atomic E-state index is 12.9. The number of nitrogens with zero attached hydrogens (tertiary/aromatic N) is 2. The molecule has 1 aromatic heterocycles. The molecular weight excluding hydrogens is 332 g/mol. The van der Waals surface area contributed by atoms with E-state index >= 15 is 0 Å². The van der Waals surface area contributed by atoms with Gasteiger partial charge in [0, 0.05) is 26.0 Å². The van der Waals surface area contributed by atoms with Crippen molar-refractivity contribution in [3.63, 3.8) is 0 Å². The lowest BCUT2D eigenvalue weighted by Gasteiger charge is -2.13. The third-order valence-electron chi connectivity index (χ3n) is 4.05. The average molecular weight is 354 g/mol. The molecule has 0 fully saturated rings. The van der Waals surface area contributed by atoms with Gasteiger partial charge in [0.2, 0.25) is 0 Å². The van der Waals surface area contributed by atoms with Gasteiger partial charge in [-0.3, -0.25) is 9.36 Å². The Labute approximate surface area is 151 Å². The van der Waals surface area contributed by atoms with Gasteiger partial charge in [-0.2, -0.15) is 0 Å². The van der Waals surface area contributed by atoms with Gasteiger partial charge in [0.1, 0.15) is 0 Å². The van der Waals surface area contributed by atoms with Crippen LogP contribution in [0.1, 0.15) is 17.5 Å². The molecule has 0 aliphatic rings. The average Bonchev–Trinajstić information content (AvgIpc) is 2.63. The predicted molar refractivity (Wildman–Crippen MR) is 103 cm³/mol. The zero-order chi connectivity index (χ0) is 17.6. The van der Waals surface area contributed by atoms with Crippen molar-refractivity contribution < 1.29 is 4.74 Å². The molecule has 0 bridgehead atoms. The summed E-state index contributed by atoms with van der Waals surface area (Å²) in [5.41, 5.74) is 3.24. The molecule has 0 saturated heterocycles. The molecule has 25 heavy (non-hydrogen) atoms. The summed E-state index contributed by atoms with van der Waals surface area (Å²) in [6.45, 7) is 3.32. The van der Waals surface area contributed by atoms with Crippen LogP contribution in [0.25, 0.3) is 10.9 Å². The van der Waals surface area contributed by atoms with Crippen LogP contribution in [-0.4, -0.2) is 23.3 Å². The first-order valence-corrected chi connectivity index (χ1v) is 9.34. The Bertz CT molecular complexity index is 904. The van der Waals surface area contributed by atoms with E-state index in [-0.39, 0.29) is 5.56 Å². The molecule has 0 aliphatic heterocycles. The summed E-state index contributed by atoms with van der Waals surface area (Å²) in [5, 5.41) is 1.43. The summed E-state index contributed by atoms with van der Waals surface area (Å²) in [6, 6.07) is 16.0. The van der Waals surface area contributed by atoms with Gasteiger partial charge in [-0.1, -0.05) is 53.7 Å². The summed E-state index contributed by atoms with van der Waals surface area (Å²) in [7, 11) is 1.68. The monoisotopic (exact) mass is 354 g/mol. The van der Waals surface area contributed by atoms with Gasteiger partial charge in [-0.05, 0) is 31.0 Å². The highest BCUT2D eigenvalue weighted by Gasteiger charge is 2.11. The topological polar surface area (TPSA) is 44.1 Å². The van der Waals surface area contributed by atoms with Crippen molar-refractivity contribution in [3.05, 3.63) is 70.0 Å². The van der Waals surface area contributed by atoms with E-state index in [9.17, 15) is 4.79 Å². The lowest BCUT2D eigenvalue weighted by Crippen LogP contribution is -2.24. The number of rotatable bonds is 7. The molecule has 0 N–H and O–H groups in total. The van der Waals surface area contributed by atoms with Gasteiger partial charge in [0.15, 0.2) is 5.16 Å². The van der Waals surface area contributed by atoms with E-state index in [1.54, 1.807) is 23.4 Å². The predicted octanol–water partition coefficient (Wildman–Crippen LogP) is 4.03. The van der Waals surface area contributed by atoms with Crippen LogP contribution in [-0.2, 0) is 17.0 Å². The molecule has 0 spiro atoms. The minimum atomic E-state index is 0.0214. The van der Waals surface area contributed by atoms with E-state index in [1.165, 1.54) is 11.1 Å². The minimum absolute atomic E-state index is 0.0214. The lowest BCUT2D eigenvalue weighted by molar-refractivity contribution is 0.189. The Morgan fingerprint density at radius 2 is 1.88 bits per heavy atom. The van der Waals surface area contributed by atoms with Crippen molar-refractivity contribution in [3.8, 4) is 0 Å². The molecule has 0 aliphatic carbocycles. The molecule has 0 radical (unpaired) electrons. The summed E-state index contributed by atoms with van der Waals surface area (Å²) in [6.07, 6.45) is 0.786. The SMILES string of the molecule is COCCCn1c(SCc2ccc(C)cc2)nc2ccccc2c1=O. The zero-order valence-electron chi connectivity index (χ0n) is 14.6. The molecule has 1 heterocycles. The molecule has 3 aromatic rings. The molecule has 2 aromatic carbocycles. The first kappa shape index (κ1) is 17.7. The number of hydrogen-bond acceptors (Lipinski definition) is 4. The van der Waals surface area contributed by atoms with Crippen molar-refractivity contribution >= 4 is 22.7 Å². The smallest absolute Gasteiger partial charge is 0.262 e. The van der Waals surface area contributed by atoms with Crippen molar-refractivity contribution in [2.75, 3.05) is 13.7 Å². The van der Waals surface area contributed by atoms with Crippen LogP contribution in [0.3, 0.4) is 0 Å². The fraction of sp³-hybridized carbons (Fsp3) is 0.300. The number of ether oxygens (including phenoxy) is 1. The second kappa shape index (κ2) is 8.32. The maximum atomic E-state index is 12.9. The Balaban J connectivity index is 1.91. The summed E-state index contributed by atoms with van der Waals surface area (Å²) in [4.78, 5) is 17.6. The molecule has 5 heteroatoms. The number of methoxy groups -OCH3 is 1.